The molecule has 0 atom stereocenters. The van der Waals surface area contributed by atoms with Gasteiger partial charge in [0.05, 0.1) is 17.6 Å². The summed E-state index contributed by atoms with van der Waals surface area (Å²) in [5.41, 5.74) is 2.71. The van der Waals surface area contributed by atoms with E-state index < -0.39 is 0 Å². The van der Waals surface area contributed by atoms with Crippen LogP contribution >= 0.6 is 11.8 Å². The predicted molar refractivity (Wildman–Crippen MR) is 95.5 cm³/mol. The Hall–Kier alpha value is -2.19. The molecule has 1 aliphatic heterocycles. The molecule has 0 amide bonds. The van der Waals surface area contributed by atoms with E-state index in [4.69, 9.17) is 0 Å². The molecule has 0 spiro atoms. The van der Waals surface area contributed by atoms with Crippen LogP contribution in [0.1, 0.15) is 0 Å². The molecule has 0 aliphatic carbocycles. The van der Waals surface area contributed by atoms with Crippen LogP contribution in [0.15, 0.2) is 36.0 Å². The van der Waals surface area contributed by atoms with Crippen molar-refractivity contribution in [2.75, 3.05) is 44.4 Å². The molecule has 0 radical (unpaired) electrons. The van der Waals surface area contributed by atoms with Crippen LogP contribution in [0.3, 0.4) is 0 Å². The Balaban J connectivity index is 1.76. The fourth-order valence-electron chi connectivity index (χ4n) is 2.92. The Labute approximate surface area is 144 Å². The normalized spacial score (nSPS) is 16.0. The minimum Gasteiger partial charge on any atom is -0.351 e. The molecule has 1 aliphatic rings. The van der Waals surface area contributed by atoms with Gasteiger partial charge in [-0.05, 0) is 19.4 Å². The van der Waals surface area contributed by atoms with E-state index in [2.05, 4.69) is 41.2 Å². The number of imidazole rings is 1. The van der Waals surface area contributed by atoms with E-state index in [1.165, 1.54) is 11.8 Å². The van der Waals surface area contributed by atoms with Gasteiger partial charge in [-0.25, -0.2) is 19.9 Å². The maximum atomic E-state index is 4.62. The molecule has 3 aromatic rings. The molecule has 124 valence electrons. The van der Waals surface area contributed by atoms with Crippen LogP contribution in [-0.2, 0) is 0 Å². The molecule has 8 heteroatoms. The lowest BCUT2D eigenvalue weighted by Gasteiger charge is -2.33. The standard InChI is InChI=1S/C16H19N7S/c1-21-7-9-22(10-8-21)14-15-19-11-13(23(15)6-5-17-14)12-3-4-18-16(20-12)24-2/h3-6,11H,7-10H2,1-2H3. The monoisotopic (exact) mass is 341 g/mol. The summed E-state index contributed by atoms with van der Waals surface area (Å²) >= 11 is 1.53. The lowest BCUT2D eigenvalue weighted by molar-refractivity contribution is 0.312. The van der Waals surface area contributed by atoms with Gasteiger partial charge in [-0.1, -0.05) is 11.8 Å². The third-order valence-electron chi connectivity index (χ3n) is 4.29. The van der Waals surface area contributed by atoms with E-state index in [-0.39, 0.29) is 0 Å². The van der Waals surface area contributed by atoms with Crippen LogP contribution in [0.2, 0.25) is 0 Å². The Morgan fingerprint density at radius 1 is 1.04 bits per heavy atom. The largest absolute Gasteiger partial charge is 0.351 e. The van der Waals surface area contributed by atoms with Gasteiger partial charge in [0.2, 0.25) is 0 Å². The average Bonchev–Trinajstić information content (AvgIpc) is 3.07. The minimum absolute atomic E-state index is 0.760. The van der Waals surface area contributed by atoms with Gasteiger partial charge in [0, 0.05) is 44.8 Å². The van der Waals surface area contributed by atoms with Gasteiger partial charge in [0.15, 0.2) is 16.6 Å². The highest BCUT2D eigenvalue weighted by atomic mass is 32.2. The molecule has 0 aromatic carbocycles. The van der Waals surface area contributed by atoms with Crippen molar-refractivity contribution in [1.82, 2.24) is 29.2 Å². The molecular weight excluding hydrogens is 322 g/mol. The van der Waals surface area contributed by atoms with E-state index >= 15 is 0 Å². The number of hydrogen-bond acceptors (Lipinski definition) is 7. The van der Waals surface area contributed by atoms with Crippen molar-refractivity contribution in [2.45, 2.75) is 5.16 Å². The molecule has 4 heterocycles. The van der Waals surface area contributed by atoms with Crippen molar-refractivity contribution in [2.24, 2.45) is 0 Å². The van der Waals surface area contributed by atoms with Gasteiger partial charge < -0.3 is 9.80 Å². The molecule has 4 rings (SSSR count). The SMILES string of the molecule is CSc1nccc(-c2cnc3c(N4CCN(C)CC4)nccn23)n1. The van der Waals surface area contributed by atoms with Crippen molar-refractivity contribution in [3.8, 4) is 11.4 Å². The number of aromatic nitrogens is 5. The fraction of sp³-hybridized carbons (Fsp3) is 0.375. The third kappa shape index (κ3) is 2.71. The number of nitrogens with zero attached hydrogens (tertiary/aromatic N) is 7. The second kappa shape index (κ2) is 6.37. The summed E-state index contributed by atoms with van der Waals surface area (Å²) in [4.78, 5) is 22.7. The van der Waals surface area contributed by atoms with E-state index in [0.717, 1.165) is 54.2 Å². The van der Waals surface area contributed by atoms with Gasteiger partial charge in [-0.2, -0.15) is 0 Å². The van der Waals surface area contributed by atoms with Crippen molar-refractivity contribution in [3.05, 3.63) is 30.9 Å². The van der Waals surface area contributed by atoms with E-state index in [1.807, 2.05) is 30.9 Å². The second-order valence-corrected chi connectivity index (χ2v) is 6.58. The molecule has 1 saturated heterocycles. The van der Waals surface area contributed by atoms with E-state index in [9.17, 15) is 0 Å². The van der Waals surface area contributed by atoms with Crippen LogP contribution in [0, 0.1) is 0 Å². The summed E-state index contributed by atoms with van der Waals surface area (Å²) in [5.74, 6) is 0.941. The summed E-state index contributed by atoms with van der Waals surface area (Å²) in [6, 6.07) is 1.92. The summed E-state index contributed by atoms with van der Waals surface area (Å²) in [7, 11) is 2.15. The number of rotatable bonds is 3. The number of fused-ring (bicyclic) bond motifs is 1. The van der Waals surface area contributed by atoms with Gasteiger partial charge in [0.25, 0.3) is 0 Å². The quantitative estimate of drug-likeness (QED) is 0.530. The van der Waals surface area contributed by atoms with Crippen LogP contribution in [0.25, 0.3) is 17.0 Å². The van der Waals surface area contributed by atoms with Crippen molar-refractivity contribution >= 4 is 23.2 Å². The third-order valence-corrected chi connectivity index (χ3v) is 4.85. The van der Waals surface area contributed by atoms with Gasteiger partial charge in [-0.15, -0.1) is 0 Å². The molecule has 1 fully saturated rings. The average molecular weight is 341 g/mol. The second-order valence-electron chi connectivity index (χ2n) is 5.81. The van der Waals surface area contributed by atoms with Gasteiger partial charge >= 0.3 is 0 Å². The van der Waals surface area contributed by atoms with Crippen molar-refractivity contribution in [1.29, 1.82) is 0 Å². The summed E-state index contributed by atoms with van der Waals surface area (Å²) in [6.45, 7) is 4.02. The first-order valence-corrected chi connectivity index (χ1v) is 9.11. The summed E-state index contributed by atoms with van der Waals surface area (Å²) in [6.07, 6.45) is 9.41. The Kier molecular flexibility index (Phi) is 4.07. The van der Waals surface area contributed by atoms with E-state index in [1.54, 1.807) is 6.20 Å². The van der Waals surface area contributed by atoms with Gasteiger partial charge in [-0.3, -0.25) is 4.40 Å². The predicted octanol–water partition coefficient (Wildman–Crippen LogP) is 1.66. The van der Waals surface area contributed by atoms with Crippen molar-refractivity contribution < 1.29 is 0 Å². The van der Waals surface area contributed by atoms with E-state index in [0.29, 0.717) is 0 Å². The highest BCUT2D eigenvalue weighted by Gasteiger charge is 2.20. The number of hydrogen-bond donors (Lipinski definition) is 0. The first kappa shape index (κ1) is 15.3. The number of likely N-dealkylation sites (N-methyl/N-ethyl adjacent to an activating group) is 1. The number of piperazine rings is 1. The fourth-order valence-corrected chi connectivity index (χ4v) is 3.27. The van der Waals surface area contributed by atoms with Crippen LogP contribution < -0.4 is 4.90 Å². The maximum Gasteiger partial charge on any atom is 0.187 e. The Bertz CT molecular complexity index is 855. The minimum atomic E-state index is 0.760. The molecular formula is C16H19N7S. The molecule has 0 unspecified atom stereocenters. The number of thioether (sulfide) groups is 1. The first-order valence-electron chi connectivity index (χ1n) is 7.89. The topological polar surface area (TPSA) is 62.5 Å². The highest BCUT2D eigenvalue weighted by molar-refractivity contribution is 7.98. The number of anilines is 1. The summed E-state index contributed by atoms with van der Waals surface area (Å²) < 4.78 is 2.06. The lowest BCUT2D eigenvalue weighted by Crippen LogP contribution is -2.45. The van der Waals surface area contributed by atoms with Crippen molar-refractivity contribution in [3.63, 3.8) is 0 Å². The molecule has 0 bridgehead atoms. The highest BCUT2D eigenvalue weighted by Crippen LogP contribution is 2.25. The maximum absolute atomic E-state index is 4.62. The zero-order valence-corrected chi connectivity index (χ0v) is 14.6. The Morgan fingerprint density at radius 3 is 2.67 bits per heavy atom. The van der Waals surface area contributed by atoms with Crippen LogP contribution in [-0.4, -0.2) is 68.7 Å². The smallest absolute Gasteiger partial charge is 0.187 e. The molecule has 0 N–H and O–H groups in total. The molecule has 7 nitrogen and oxygen atoms in total. The lowest BCUT2D eigenvalue weighted by atomic mass is 10.3. The summed E-state index contributed by atoms with van der Waals surface area (Å²) in [5, 5.41) is 0.760. The molecule has 24 heavy (non-hydrogen) atoms. The zero-order chi connectivity index (χ0) is 16.5. The molecule has 3 aromatic heterocycles. The molecule has 0 saturated carbocycles. The first-order chi connectivity index (χ1) is 11.8. The van der Waals surface area contributed by atoms with Crippen LogP contribution in [0.5, 0.6) is 0 Å². The van der Waals surface area contributed by atoms with Crippen LogP contribution in [0.4, 0.5) is 5.82 Å². The van der Waals surface area contributed by atoms with Gasteiger partial charge in [0.1, 0.15) is 0 Å². The Morgan fingerprint density at radius 2 is 1.88 bits per heavy atom. The zero-order valence-electron chi connectivity index (χ0n) is 13.8.